The summed E-state index contributed by atoms with van der Waals surface area (Å²) in [5.74, 6) is -0.362. The van der Waals surface area contributed by atoms with E-state index in [1.807, 2.05) is 37.3 Å². The first-order valence-corrected chi connectivity index (χ1v) is 10.5. The standard InChI is InChI=1S/C21H28N2O2S2/c1-5-6-8-11-14(2)22-21(26)23-19-18(20(24)25-4)17(15(3)27-19)16-12-9-7-10-13-16/h7,9-10,12-14H,5-6,8,11H2,1-4H3,(H2,22,23,26). The number of carbonyl (C=O) groups is 1. The van der Waals surface area contributed by atoms with Crippen molar-refractivity contribution in [2.45, 2.75) is 52.5 Å². The molecular formula is C21H28N2O2S2. The largest absolute Gasteiger partial charge is 0.465 e. The van der Waals surface area contributed by atoms with Gasteiger partial charge < -0.3 is 15.4 Å². The number of aryl methyl sites for hydroxylation is 1. The lowest BCUT2D eigenvalue weighted by atomic mass is 10.0. The van der Waals surface area contributed by atoms with Crippen molar-refractivity contribution < 1.29 is 9.53 Å². The molecule has 1 heterocycles. The van der Waals surface area contributed by atoms with Crippen LogP contribution in [0.15, 0.2) is 30.3 Å². The van der Waals surface area contributed by atoms with Crippen LogP contribution in [-0.2, 0) is 4.74 Å². The van der Waals surface area contributed by atoms with Crippen LogP contribution >= 0.6 is 23.6 Å². The number of hydrogen-bond acceptors (Lipinski definition) is 4. The number of unbranched alkanes of at least 4 members (excludes halogenated alkanes) is 2. The molecule has 2 rings (SSSR count). The molecule has 0 radical (unpaired) electrons. The van der Waals surface area contributed by atoms with Crippen LogP contribution in [0.4, 0.5) is 5.00 Å². The Balaban J connectivity index is 2.22. The van der Waals surface area contributed by atoms with Crippen LogP contribution < -0.4 is 10.6 Å². The number of thiophene rings is 1. The first-order valence-electron chi connectivity index (χ1n) is 9.32. The van der Waals surface area contributed by atoms with Crippen molar-refractivity contribution in [1.29, 1.82) is 0 Å². The lowest BCUT2D eigenvalue weighted by molar-refractivity contribution is 0.0603. The summed E-state index contributed by atoms with van der Waals surface area (Å²) in [6.07, 6.45) is 4.67. The third-order valence-electron chi connectivity index (χ3n) is 4.38. The van der Waals surface area contributed by atoms with E-state index in [0.717, 1.165) is 27.4 Å². The molecule has 1 atom stereocenters. The van der Waals surface area contributed by atoms with Gasteiger partial charge in [0.2, 0.25) is 0 Å². The molecule has 1 aromatic carbocycles. The Morgan fingerprint density at radius 1 is 1.26 bits per heavy atom. The fourth-order valence-corrected chi connectivity index (χ4v) is 4.45. The maximum Gasteiger partial charge on any atom is 0.341 e. The number of carbonyl (C=O) groups excluding carboxylic acids is 1. The summed E-state index contributed by atoms with van der Waals surface area (Å²) in [5, 5.41) is 7.78. The van der Waals surface area contributed by atoms with Crippen molar-refractivity contribution >= 4 is 39.6 Å². The first-order chi connectivity index (χ1) is 13.0. The van der Waals surface area contributed by atoms with Gasteiger partial charge in [0.25, 0.3) is 0 Å². The van der Waals surface area contributed by atoms with E-state index >= 15 is 0 Å². The summed E-state index contributed by atoms with van der Waals surface area (Å²) < 4.78 is 5.04. The van der Waals surface area contributed by atoms with Crippen LogP contribution in [0.5, 0.6) is 0 Å². The molecule has 0 spiro atoms. The molecular weight excluding hydrogens is 376 g/mol. The number of hydrogen-bond donors (Lipinski definition) is 2. The van der Waals surface area contributed by atoms with E-state index in [1.54, 1.807) is 0 Å². The van der Waals surface area contributed by atoms with Crippen molar-refractivity contribution in [3.63, 3.8) is 0 Å². The number of thiocarbonyl (C=S) groups is 1. The first kappa shape index (κ1) is 21.4. The molecule has 2 aromatic rings. The fourth-order valence-electron chi connectivity index (χ4n) is 3.02. The smallest absolute Gasteiger partial charge is 0.341 e. The molecule has 0 saturated carbocycles. The third-order valence-corrected chi connectivity index (χ3v) is 5.62. The van der Waals surface area contributed by atoms with E-state index in [-0.39, 0.29) is 12.0 Å². The van der Waals surface area contributed by atoms with Crippen molar-refractivity contribution in [2.24, 2.45) is 0 Å². The van der Waals surface area contributed by atoms with Gasteiger partial charge in [0.1, 0.15) is 10.6 Å². The second-order valence-electron chi connectivity index (χ2n) is 6.59. The Morgan fingerprint density at radius 3 is 2.59 bits per heavy atom. The number of ether oxygens (including phenoxy) is 1. The minimum Gasteiger partial charge on any atom is -0.465 e. The normalized spacial score (nSPS) is 11.7. The Labute approximate surface area is 171 Å². The zero-order valence-electron chi connectivity index (χ0n) is 16.4. The fraction of sp³-hybridized carbons (Fsp3) is 0.429. The van der Waals surface area contributed by atoms with Gasteiger partial charge >= 0.3 is 5.97 Å². The Hall–Kier alpha value is -1.92. The van der Waals surface area contributed by atoms with E-state index in [1.165, 1.54) is 37.7 Å². The highest BCUT2D eigenvalue weighted by atomic mass is 32.1. The SMILES string of the molecule is CCCCCC(C)NC(=S)Nc1sc(C)c(-c2ccccc2)c1C(=O)OC. The van der Waals surface area contributed by atoms with Gasteiger partial charge in [0.15, 0.2) is 5.11 Å². The van der Waals surface area contributed by atoms with E-state index in [0.29, 0.717) is 10.7 Å². The number of nitrogens with one attached hydrogen (secondary N) is 2. The van der Waals surface area contributed by atoms with Gasteiger partial charge in [-0.05, 0) is 38.0 Å². The van der Waals surface area contributed by atoms with Gasteiger partial charge in [-0.15, -0.1) is 11.3 Å². The summed E-state index contributed by atoms with van der Waals surface area (Å²) >= 11 is 6.99. The molecule has 2 N–H and O–H groups in total. The van der Waals surface area contributed by atoms with Crippen LogP contribution in [0, 0.1) is 6.92 Å². The Bertz CT molecular complexity index is 772. The van der Waals surface area contributed by atoms with Gasteiger partial charge in [-0.3, -0.25) is 0 Å². The minimum atomic E-state index is -0.362. The van der Waals surface area contributed by atoms with E-state index in [4.69, 9.17) is 17.0 Å². The van der Waals surface area contributed by atoms with Crippen molar-refractivity contribution in [3.8, 4) is 11.1 Å². The van der Waals surface area contributed by atoms with Gasteiger partial charge in [-0.25, -0.2) is 4.79 Å². The average molecular weight is 405 g/mol. The lowest BCUT2D eigenvalue weighted by Crippen LogP contribution is -2.36. The second kappa shape index (κ2) is 10.4. The topological polar surface area (TPSA) is 50.4 Å². The summed E-state index contributed by atoms with van der Waals surface area (Å²) in [7, 11) is 1.40. The maximum atomic E-state index is 12.5. The number of rotatable bonds is 8. The average Bonchev–Trinajstić information content (AvgIpc) is 2.97. The molecule has 1 unspecified atom stereocenters. The van der Waals surface area contributed by atoms with Crippen molar-refractivity contribution in [3.05, 3.63) is 40.8 Å². The van der Waals surface area contributed by atoms with E-state index in [9.17, 15) is 4.79 Å². The zero-order valence-corrected chi connectivity index (χ0v) is 18.1. The van der Waals surface area contributed by atoms with Gasteiger partial charge in [0, 0.05) is 16.5 Å². The summed E-state index contributed by atoms with van der Waals surface area (Å²) in [4.78, 5) is 13.5. The highest BCUT2D eigenvalue weighted by molar-refractivity contribution is 7.80. The number of methoxy groups -OCH3 is 1. The van der Waals surface area contributed by atoms with Crippen molar-refractivity contribution in [2.75, 3.05) is 12.4 Å². The monoisotopic (exact) mass is 404 g/mol. The number of anilines is 1. The van der Waals surface area contributed by atoms with Gasteiger partial charge in [-0.2, -0.15) is 0 Å². The molecule has 0 fully saturated rings. The van der Waals surface area contributed by atoms with Crippen LogP contribution in [0.25, 0.3) is 11.1 Å². The molecule has 0 bridgehead atoms. The second-order valence-corrected chi connectivity index (χ2v) is 8.22. The summed E-state index contributed by atoms with van der Waals surface area (Å²) in [6, 6.07) is 10.2. The molecule has 4 nitrogen and oxygen atoms in total. The molecule has 0 aliphatic heterocycles. The molecule has 27 heavy (non-hydrogen) atoms. The minimum absolute atomic E-state index is 0.285. The zero-order chi connectivity index (χ0) is 19.8. The molecule has 0 aliphatic rings. The van der Waals surface area contributed by atoms with E-state index in [2.05, 4.69) is 24.5 Å². The number of esters is 1. The number of benzene rings is 1. The van der Waals surface area contributed by atoms with Crippen molar-refractivity contribution in [1.82, 2.24) is 5.32 Å². The van der Waals surface area contributed by atoms with Gasteiger partial charge in [-0.1, -0.05) is 56.5 Å². The summed E-state index contributed by atoms with van der Waals surface area (Å²) in [6.45, 7) is 6.33. The highest BCUT2D eigenvalue weighted by Crippen LogP contribution is 2.40. The molecule has 0 amide bonds. The van der Waals surface area contributed by atoms with Crippen LogP contribution in [-0.4, -0.2) is 24.2 Å². The predicted octanol–water partition coefficient (Wildman–Crippen LogP) is 5.77. The van der Waals surface area contributed by atoms with Gasteiger partial charge in [0.05, 0.1) is 7.11 Å². The lowest BCUT2D eigenvalue weighted by Gasteiger charge is -2.17. The maximum absolute atomic E-state index is 12.5. The molecule has 0 aliphatic carbocycles. The molecule has 0 saturated heterocycles. The summed E-state index contributed by atoms with van der Waals surface area (Å²) in [5.41, 5.74) is 2.43. The van der Waals surface area contributed by atoms with Crippen LogP contribution in [0.1, 0.15) is 54.8 Å². The van der Waals surface area contributed by atoms with E-state index < -0.39 is 0 Å². The van der Waals surface area contributed by atoms with Crippen LogP contribution in [0.3, 0.4) is 0 Å². The molecule has 1 aromatic heterocycles. The molecule has 6 heteroatoms. The predicted molar refractivity (Wildman–Crippen MR) is 119 cm³/mol. The quantitative estimate of drug-likeness (QED) is 0.332. The van der Waals surface area contributed by atoms with Crippen LogP contribution in [0.2, 0.25) is 0 Å². The molecule has 146 valence electrons. The highest BCUT2D eigenvalue weighted by Gasteiger charge is 2.24. The Morgan fingerprint density at radius 2 is 1.96 bits per heavy atom. The third kappa shape index (κ3) is 5.78. The Kier molecular flexibility index (Phi) is 8.25.